The van der Waals surface area contributed by atoms with Crippen molar-refractivity contribution in [3.05, 3.63) is 0 Å². The van der Waals surface area contributed by atoms with E-state index < -0.39 is 0 Å². The molecule has 0 aromatic rings. The fourth-order valence-corrected chi connectivity index (χ4v) is 3.12. The molecule has 0 bridgehead atoms. The van der Waals surface area contributed by atoms with Crippen molar-refractivity contribution in [2.45, 2.75) is 70.5 Å². The number of nitrogens with zero attached hydrogens (tertiary/aromatic N) is 2. The molecule has 1 aliphatic carbocycles. The van der Waals surface area contributed by atoms with Gasteiger partial charge in [-0.1, -0.05) is 6.92 Å². The summed E-state index contributed by atoms with van der Waals surface area (Å²) in [5.74, 6) is 0. The molecule has 114 valence electrons. The summed E-state index contributed by atoms with van der Waals surface area (Å²) in [6.45, 7) is 9.25. The Bertz CT molecular complexity index is 248. The van der Waals surface area contributed by atoms with Crippen LogP contribution in [-0.2, 0) is 0 Å². The summed E-state index contributed by atoms with van der Waals surface area (Å²) < 4.78 is 0. The van der Waals surface area contributed by atoms with Gasteiger partial charge in [-0.15, -0.1) is 0 Å². The van der Waals surface area contributed by atoms with Crippen molar-refractivity contribution < 1.29 is 0 Å². The quantitative estimate of drug-likeness (QED) is 0.694. The Morgan fingerprint density at radius 3 is 2.21 bits per heavy atom. The molecule has 0 radical (unpaired) electrons. The molecule has 0 aromatic carbocycles. The molecule has 1 rings (SSSR count). The van der Waals surface area contributed by atoms with Crippen LogP contribution in [0.3, 0.4) is 0 Å². The predicted molar refractivity (Wildman–Crippen MR) is 84.7 cm³/mol. The zero-order valence-corrected chi connectivity index (χ0v) is 14.0. The molecule has 3 heteroatoms. The average molecular weight is 269 g/mol. The molecule has 3 nitrogen and oxygen atoms in total. The van der Waals surface area contributed by atoms with Gasteiger partial charge in [0.25, 0.3) is 0 Å². The van der Waals surface area contributed by atoms with E-state index in [2.05, 4.69) is 57.0 Å². The number of rotatable bonds is 9. The van der Waals surface area contributed by atoms with Crippen LogP contribution in [-0.4, -0.2) is 61.7 Å². The third-order valence-corrected chi connectivity index (χ3v) is 4.97. The molecular weight excluding hydrogens is 234 g/mol. The first-order valence-electron chi connectivity index (χ1n) is 8.02. The van der Waals surface area contributed by atoms with E-state index in [4.69, 9.17) is 0 Å². The molecule has 0 amide bonds. The molecule has 0 aliphatic heterocycles. The van der Waals surface area contributed by atoms with Gasteiger partial charge in [0.2, 0.25) is 0 Å². The first-order valence-corrected chi connectivity index (χ1v) is 8.02. The molecule has 2 unspecified atom stereocenters. The highest BCUT2D eigenvalue weighted by Gasteiger charge is 2.40. The molecular formula is C16H35N3. The summed E-state index contributed by atoms with van der Waals surface area (Å²) in [6, 6.07) is 1.27. The minimum absolute atomic E-state index is 0.448. The van der Waals surface area contributed by atoms with Crippen molar-refractivity contribution in [2.24, 2.45) is 0 Å². The van der Waals surface area contributed by atoms with Crippen LogP contribution in [0.1, 0.15) is 52.9 Å². The van der Waals surface area contributed by atoms with Gasteiger partial charge in [-0.2, -0.15) is 0 Å². The number of likely N-dealkylation sites (N-methyl/N-ethyl adjacent to an activating group) is 2. The van der Waals surface area contributed by atoms with Crippen molar-refractivity contribution in [2.75, 3.05) is 34.2 Å². The highest BCUT2D eigenvalue weighted by molar-refractivity contribution is 4.98. The van der Waals surface area contributed by atoms with Crippen LogP contribution in [0.5, 0.6) is 0 Å². The minimum Gasteiger partial charge on any atom is -0.314 e. The lowest BCUT2D eigenvalue weighted by Gasteiger charge is -2.50. The molecule has 1 saturated carbocycles. The van der Waals surface area contributed by atoms with Gasteiger partial charge in [0.05, 0.1) is 0 Å². The summed E-state index contributed by atoms with van der Waals surface area (Å²) >= 11 is 0. The van der Waals surface area contributed by atoms with Gasteiger partial charge in [0.1, 0.15) is 0 Å². The monoisotopic (exact) mass is 269 g/mol. The van der Waals surface area contributed by atoms with Gasteiger partial charge in [-0.05, 0) is 73.6 Å². The van der Waals surface area contributed by atoms with E-state index in [1.54, 1.807) is 0 Å². The Morgan fingerprint density at radius 2 is 1.79 bits per heavy atom. The van der Waals surface area contributed by atoms with Crippen LogP contribution in [0, 0.1) is 0 Å². The molecule has 1 N–H and O–H groups in total. The standard InChI is InChI=1S/C16H35N3/c1-7-11-17-14(2)12-15(3)19(6)13-16(18(4)5)9-8-10-16/h14-15,17H,7-13H2,1-6H3. The first kappa shape index (κ1) is 16.9. The largest absolute Gasteiger partial charge is 0.314 e. The topological polar surface area (TPSA) is 18.5 Å². The highest BCUT2D eigenvalue weighted by Crippen LogP contribution is 2.37. The summed E-state index contributed by atoms with van der Waals surface area (Å²) in [7, 11) is 6.77. The normalized spacial score (nSPS) is 21.5. The fraction of sp³-hybridized carbons (Fsp3) is 1.00. The Kier molecular flexibility index (Phi) is 6.78. The predicted octanol–water partition coefficient (Wildman–Crippen LogP) is 2.57. The van der Waals surface area contributed by atoms with Crippen molar-refractivity contribution in [1.29, 1.82) is 0 Å². The van der Waals surface area contributed by atoms with E-state index in [1.807, 2.05) is 0 Å². The second kappa shape index (κ2) is 7.61. The van der Waals surface area contributed by atoms with Crippen LogP contribution in [0.4, 0.5) is 0 Å². The van der Waals surface area contributed by atoms with E-state index >= 15 is 0 Å². The molecule has 0 spiro atoms. The molecule has 0 heterocycles. The van der Waals surface area contributed by atoms with Gasteiger partial charge in [-0.25, -0.2) is 0 Å². The Labute approximate surface area is 120 Å². The maximum absolute atomic E-state index is 3.59. The zero-order chi connectivity index (χ0) is 14.5. The lowest BCUT2D eigenvalue weighted by Crippen LogP contribution is -2.58. The molecule has 19 heavy (non-hydrogen) atoms. The van der Waals surface area contributed by atoms with Crippen LogP contribution in [0.2, 0.25) is 0 Å². The summed E-state index contributed by atoms with van der Waals surface area (Å²) in [6.07, 6.45) is 6.58. The number of nitrogens with one attached hydrogen (secondary N) is 1. The maximum atomic E-state index is 3.59. The van der Waals surface area contributed by atoms with Gasteiger partial charge in [0, 0.05) is 24.2 Å². The Balaban J connectivity index is 2.37. The molecule has 0 saturated heterocycles. The Hall–Kier alpha value is -0.120. The van der Waals surface area contributed by atoms with Gasteiger partial charge in [-0.3, -0.25) is 0 Å². The van der Waals surface area contributed by atoms with E-state index in [-0.39, 0.29) is 0 Å². The SMILES string of the molecule is CCCNC(C)CC(C)N(C)CC1(N(C)C)CCC1. The zero-order valence-electron chi connectivity index (χ0n) is 14.0. The molecule has 0 aromatic heterocycles. The first-order chi connectivity index (χ1) is 8.91. The summed E-state index contributed by atoms with van der Waals surface area (Å²) in [5, 5.41) is 3.59. The number of hydrogen-bond acceptors (Lipinski definition) is 3. The van der Waals surface area contributed by atoms with Gasteiger partial charge < -0.3 is 15.1 Å². The average Bonchev–Trinajstić information content (AvgIpc) is 2.30. The number of hydrogen-bond donors (Lipinski definition) is 1. The van der Waals surface area contributed by atoms with Crippen molar-refractivity contribution in [3.63, 3.8) is 0 Å². The van der Waals surface area contributed by atoms with Crippen LogP contribution in [0.15, 0.2) is 0 Å². The van der Waals surface area contributed by atoms with Crippen molar-refractivity contribution in [1.82, 2.24) is 15.1 Å². The van der Waals surface area contributed by atoms with Gasteiger partial charge >= 0.3 is 0 Å². The van der Waals surface area contributed by atoms with E-state index in [1.165, 1.54) is 38.6 Å². The molecule has 1 fully saturated rings. The van der Waals surface area contributed by atoms with Gasteiger partial charge in [0.15, 0.2) is 0 Å². The molecule has 1 aliphatic rings. The van der Waals surface area contributed by atoms with Crippen molar-refractivity contribution >= 4 is 0 Å². The third-order valence-electron chi connectivity index (χ3n) is 4.97. The van der Waals surface area contributed by atoms with E-state index in [9.17, 15) is 0 Å². The second-order valence-electron chi connectivity index (χ2n) is 6.83. The lowest BCUT2D eigenvalue weighted by atomic mass is 9.75. The lowest BCUT2D eigenvalue weighted by molar-refractivity contribution is 0.0163. The third kappa shape index (κ3) is 4.73. The van der Waals surface area contributed by atoms with E-state index in [0.29, 0.717) is 17.6 Å². The highest BCUT2D eigenvalue weighted by atomic mass is 15.2. The summed E-state index contributed by atoms with van der Waals surface area (Å²) in [5.41, 5.74) is 0.448. The molecule has 2 atom stereocenters. The second-order valence-corrected chi connectivity index (χ2v) is 6.83. The Morgan fingerprint density at radius 1 is 1.16 bits per heavy atom. The van der Waals surface area contributed by atoms with Crippen LogP contribution in [0.25, 0.3) is 0 Å². The van der Waals surface area contributed by atoms with Crippen LogP contribution >= 0.6 is 0 Å². The smallest absolute Gasteiger partial charge is 0.0330 e. The maximum Gasteiger partial charge on any atom is 0.0330 e. The van der Waals surface area contributed by atoms with Crippen LogP contribution < -0.4 is 5.32 Å². The minimum atomic E-state index is 0.448. The summed E-state index contributed by atoms with van der Waals surface area (Å²) in [4.78, 5) is 5.00. The van der Waals surface area contributed by atoms with Crippen molar-refractivity contribution in [3.8, 4) is 0 Å². The fourth-order valence-electron chi connectivity index (χ4n) is 3.12. The van der Waals surface area contributed by atoms with E-state index in [0.717, 1.165) is 6.54 Å².